The van der Waals surface area contributed by atoms with Crippen LogP contribution in [0.1, 0.15) is 10.4 Å². The molecule has 11 heteroatoms. The van der Waals surface area contributed by atoms with Gasteiger partial charge in [-0.25, -0.2) is 4.79 Å². The summed E-state index contributed by atoms with van der Waals surface area (Å²) in [7, 11) is 0. The first-order valence-corrected chi connectivity index (χ1v) is 9.58. The first-order valence-electron chi connectivity index (χ1n) is 8.45. The number of nitrogen functional groups attached to an aromatic ring is 2. The molecule has 4 aromatic rings. The molecule has 0 aliphatic heterocycles. The van der Waals surface area contributed by atoms with Crippen molar-refractivity contribution in [2.75, 3.05) is 11.5 Å². The van der Waals surface area contributed by atoms with Crippen LogP contribution >= 0.6 is 34.8 Å². The van der Waals surface area contributed by atoms with Crippen molar-refractivity contribution in [3.63, 3.8) is 0 Å². The van der Waals surface area contributed by atoms with Gasteiger partial charge in [0.15, 0.2) is 0 Å². The Kier molecular flexibility index (Phi) is 8.63. The summed E-state index contributed by atoms with van der Waals surface area (Å²) in [6, 6.07) is 16.9. The highest BCUT2D eigenvalue weighted by Crippen LogP contribution is 2.27. The van der Waals surface area contributed by atoms with Crippen LogP contribution in [0.4, 0.5) is 11.4 Å². The molecule has 0 atom stereocenters. The van der Waals surface area contributed by atoms with Gasteiger partial charge in [0.1, 0.15) is 5.75 Å². The van der Waals surface area contributed by atoms with Crippen LogP contribution in [0, 0.1) is 0 Å². The molecule has 1 heterocycles. The molecule has 6 N–H and O–H groups in total. The second kappa shape index (κ2) is 11.2. The Hall–Kier alpha value is -3.33. The number of aromatic hydroxyl groups is 1. The van der Waals surface area contributed by atoms with Gasteiger partial charge in [-0.05, 0) is 71.2 Å². The Morgan fingerprint density at radius 3 is 1.71 bits per heavy atom. The lowest BCUT2D eigenvalue weighted by atomic mass is 10.1. The Balaban J connectivity index is 0.000000167. The number of benzene rings is 3. The van der Waals surface area contributed by atoms with Gasteiger partial charge in [-0.1, -0.05) is 24.3 Å². The highest BCUT2D eigenvalue weighted by Gasteiger charge is 2.00. The van der Waals surface area contributed by atoms with E-state index in [2.05, 4.69) is 15.0 Å². The summed E-state index contributed by atoms with van der Waals surface area (Å²) < 4.78 is 0. The topological polar surface area (TPSA) is 148 Å². The number of nitrogens with two attached hydrogens (primary N) is 2. The van der Waals surface area contributed by atoms with Crippen molar-refractivity contribution < 1.29 is 15.0 Å². The average molecular weight is 481 g/mol. The maximum Gasteiger partial charge on any atom is 0.335 e. The van der Waals surface area contributed by atoms with E-state index < -0.39 is 5.97 Å². The lowest BCUT2D eigenvalue weighted by molar-refractivity contribution is 0.0697. The molecule has 1 aromatic heterocycles. The zero-order valence-corrected chi connectivity index (χ0v) is 18.0. The molecule has 0 radical (unpaired) electrons. The van der Waals surface area contributed by atoms with Gasteiger partial charge >= 0.3 is 5.97 Å². The second-order valence-electron chi connectivity index (χ2n) is 5.79. The molecule has 0 aliphatic carbocycles. The number of fused-ring (bicyclic) bond motifs is 1. The molecule has 0 bridgehead atoms. The van der Waals surface area contributed by atoms with Crippen LogP contribution < -0.4 is 11.5 Å². The van der Waals surface area contributed by atoms with Crippen molar-refractivity contribution in [2.45, 2.75) is 0 Å². The monoisotopic (exact) mass is 479 g/mol. The summed E-state index contributed by atoms with van der Waals surface area (Å²) in [5.41, 5.74) is 12.6. The summed E-state index contributed by atoms with van der Waals surface area (Å²) in [5, 5.41) is 19.6. The van der Waals surface area contributed by atoms with Gasteiger partial charge < -0.3 is 21.7 Å². The minimum absolute atomic E-state index is 0.000000000000000444. The fourth-order valence-corrected chi connectivity index (χ4v) is 2.86. The standard InChI is InChI=1S/C10H9NO.C7H7NO2.C3Cl3N3/c11-9-5-1-4-8-7(9)3-2-6-10(8)12;8-6-3-1-5(2-4-6)7(9)10;4-1-7-2(5)9-3(6)8-1/h1-6,12H,11H2;1-4H,8H2,(H,9,10);. The van der Waals surface area contributed by atoms with E-state index >= 15 is 0 Å². The predicted octanol–water partition coefficient (Wildman–Crippen LogP) is 4.93. The van der Waals surface area contributed by atoms with Crippen LogP contribution in [0.5, 0.6) is 5.75 Å². The Morgan fingerprint density at radius 1 is 0.742 bits per heavy atom. The van der Waals surface area contributed by atoms with Gasteiger partial charge in [-0.15, -0.1) is 0 Å². The number of aromatic carboxylic acids is 1. The quantitative estimate of drug-likeness (QED) is 0.280. The Labute approximate surface area is 192 Å². The van der Waals surface area contributed by atoms with E-state index in [-0.39, 0.29) is 27.2 Å². The smallest absolute Gasteiger partial charge is 0.335 e. The lowest BCUT2D eigenvalue weighted by Gasteiger charge is -2.02. The normalized spacial score (nSPS) is 9.77. The molecule has 0 saturated carbocycles. The largest absolute Gasteiger partial charge is 0.507 e. The van der Waals surface area contributed by atoms with E-state index in [1.165, 1.54) is 12.1 Å². The van der Waals surface area contributed by atoms with E-state index in [9.17, 15) is 9.90 Å². The van der Waals surface area contributed by atoms with Gasteiger partial charge in [-0.3, -0.25) is 0 Å². The molecule has 0 aliphatic rings. The number of nitrogens with zero attached hydrogens (tertiary/aromatic N) is 3. The average Bonchev–Trinajstić information content (AvgIpc) is 2.69. The molecule has 31 heavy (non-hydrogen) atoms. The summed E-state index contributed by atoms with van der Waals surface area (Å²) >= 11 is 16.0. The van der Waals surface area contributed by atoms with Crippen LogP contribution in [0.15, 0.2) is 60.7 Å². The summed E-state index contributed by atoms with van der Waals surface area (Å²) in [5.74, 6) is -0.653. The SMILES string of the molecule is Clc1nc(Cl)nc(Cl)n1.Nc1ccc(C(=O)O)cc1.Nc1cccc2c(O)cccc12. The van der Waals surface area contributed by atoms with E-state index in [1.807, 2.05) is 24.3 Å². The number of hydrogen-bond acceptors (Lipinski definition) is 7. The van der Waals surface area contributed by atoms with Crippen LogP contribution in [0.2, 0.25) is 15.9 Å². The highest BCUT2D eigenvalue weighted by atomic mass is 35.5. The van der Waals surface area contributed by atoms with Gasteiger partial charge in [0, 0.05) is 22.1 Å². The number of rotatable bonds is 1. The van der Waals surface area contributed by atoms with Crippen molar-refractivity contribution in [2.24, 2.45) is 0 Å². The number of anilines is 2. The summed E-state index contributed by atoms with van der Waals surface area (Å²) in [4.78, 5) is 20.6. The lowest BCUT2D eigenvalue weighted by Crippen LogP contribution is -1.95. The van der Waals surface area contributed by atoms with Crippen LogP contribution in [0.3, 0.4) is 0 Å². The maximum absolute atomic E-state index is 10.3. The molecule has 0 spiro atoms. The Bertz CT molecular complexity index is 1100. The number of carbonyl (C=O) groups is 1. The third kappa shape index (κ3) is 7.45. The Morgan fingerprint density at radius 2 is 1.23 bits per heavy atom. The number of hydrogen-bond donors (Lipinski definition) is 4. The van der Waals surface area contributed by atoms with Crippen molar-refractivity contribution in [3.05, 3.63) is 82.1 Å². The van der Waals surface area contributed by atoms with Gasteiger partial charge in [0.2, 0.25) is 15.9 Å². The van der Waals surface area contributed by atoms with Crippen LogP contribution in [0.25, 0.3) is 10.8 Å². The minimum Gasteiger partial charge on any atom is -0.507 e. The molecule has 4 rings (SSSR count). The third-order valence-corrected chi connectivity index (χ3v) is 4.15. The maximum atomic E-state index is 10.3. The number of phenolic OH excluding ortho intramolecular Hbond substituents is 1. The fraction of sp³-hybridized carbons (Fsp3) is 0. The summed E-state index contributed by atoms with van der Waals surface area (Å²) in [6.07, 6.45) is 0. The predicted molar refractivity (Wildman–Crippen MR) is 123 cm³/mol. The highest BCUT2D eigenvalue weighted by molar-refractivity contribution is 6.33. The molecular formula is C20H16Cl3N5O3. The zero-order valence-electron chi connectivity index (χ0n) is 15.7. The molecule has 3 aromatic carbocycles. The number of carboxylic acids is 1. The van der Waals surface area contributed by atoms with Crippen molar-refractivity contribution in [3.8, 4) is 5.75 Å². The zero-order chi connectivity index (χ0) is 23.0. The fourth-order valence-electron chi connectivity index (χ4n) is 2.25. The van der Waals surface area contributed by atoms with E-state index in [1.54, 1.807) is 24.3 Å². The molecular weight excluding hydrogens is 465 g/mol. The van der Waals surface area contributed by atoms with Gasteiger partial charge in [0.25, 0.3) is 0 Å². The van der Waals surface area contributed by atoms with E-state index in [0.29, 0.717) is 11.4 Å². The molecule has 0 saturated heterocycles. The molecule has 8 nitrogen and oxygen atoms in total. The number of halogens is 3. The third-order valence-electron chi connectivity index (χ3n) is 3.64. The molecule has 0 amide bonds. The van der Waals surface area contributed by atoms with Crippen molar-refractivity contribution >= 4 is 62.9 Å². The van der Waals surface area contributed by atoms with Gasteiger partial charge in [0.05, 0.1) is 5.56 Å². The van der Waals surface area contributed by atoms with Crippen LogP contribution in [-0.2, 0) is 0 Å². The molecule has 160 valence electrons. The number of aromatic nitrogens is 3. The first kappa shape index (κ1) is 23.9. The van der Waals surface area contributed by atoms with E-state index in [0.717, 1.165) is 10.8 Å². The second-order valence-corrected chi connectivity index (χ2v) is 6.80. The minimum atomic E-state index is -0.931. The summed E-state index contributed by atoms with van der Waals surface area (Å²) in [6.45, 7) is 0. The van der Waals surface area contributed by atoms with E-state index in [4.69, 9.17) is 51.4 Å². The molecule has 0 unspecified atom stereocenters. The molecule has 0 fully saturated rings. The first-order chi connectivity index (χ1) is 14.7. The van der Waals surface area contributed by atoms with Crippen molar-refractivity contribution in [1.29, 1.82) is 0 Å². The number of phenols is 1. The van der Waals surface area contributed by atoms with Crippen LogP contribution in [-0.4, -0.2) is 31.1 Å². The van der Waals surface area contributed by atoms with Gasteiger partial charge in [-0.2, -0.15) is 15.0 Å². The number of carboxylic acid groups (broad SMARTS) is 1. The van der Waals surface area contributed by atoms with Crippen molar-refractivity contribution in [1.82, 2.24) is 15.0 Å².